The highest BCUT2D eigenvalue weighted by molar-refractivity contribution is 5.82. The van der Waals surface area contributed by atoms with Gasteiger partial charge in [-0.15, -0.1) is 0 Å². The van der Waals surface area contributed by atoms with E-state index in [0.29, 0.717) is 6.54 Å². The minimum Gasteiger partial charge on any atom is -0.493 e. The number of alkyl halides is 1. The van der Waals surface area contributed by atoms with Gasteiger partial charge in [0.05, 0.1) is 32.7 Å². The number of carbonyl (C=O) groups is 1. The number of hydrogen-bond acceptors (Lipinski definition) is 5. The zero-order valence-corrected chi connectivity index (χ0v) is 16.2. The van der Waals surface area contributed by atoms with E-state index < -0.39 is 12.1 Å². The van der Waals surface area contributed by atoms with Gasteiger partial charge >= 0.3 is 0 Å². The van der Waals surface area contributed by atoms with E-state index in [0.717, 1.165) is 30.9 Å². The Balaban J connectivity index is 1.59. The molecular formula is C20H28FN3O3. The summed E-state index contributed by atoms with van der Waals surface area (Å²) in [5.41, 5.74) is 8.98. The van der Waals surface area contributed by atoms with Gasteiger partial charge in [-0.25, -0.2) is 4.39 Å². The van der Waals surface area contributed by atoms with Crippen LogP contribution < -0.4 is 15.2 Å². The molecule has 7 heteroatoms. The van der Waals surface area contributed by atoms with Gasteiger partial charge in [0.2, 0.25) is 5.91 Å². The molecule has 0 aromatic heterocycles. The molecule has 6 nitrogen and oxygen atoms in total. The minimum atomic E-state index is -1.10. The Hall–Kier alpha value is -1.86. The van der Waals surface area contributed by atoms with Gasteiger partial charge in [0.25, 0.3) is 0 Å². The quantitative estimate of drug-likeness (QED) is 0.865. The Kier molecular flexibility index (Phi) is 4.76. The number of piperidine rings is 1. The molecule has 0 bridgehead atoms. The Morgan fingerprint density at radius 1 is 1.19 bits per heavy atom. The number of nitrogens with zero attached hydrogens (tertiary/aromatic N) is 2. The molecule has 3 aliphatic rings. The molecule has 0 saturated carbocycles. The number of hydrogen-bond donors (Lipinski definition) is 1. The summed E-state index contributed by atoms with van der Waals surface area (Å²) in [7, 11) is 3.29. The molecule has 1 aromatic carbocycles. The summed E-state index contributed by atoms with van der Waals surface area (Å²) in [6, 6.07) is 4.00. The van der Waals surface area contributed by atoms with E-state index in [1.165, 1.54) is 11.1 Å². The first-order valence-corrected chi connectivity index (χ1v) is 9.63. The molecule has 1 unspecified atom stereocenters. The summed E-state index contributed by atoms with van der Waals surface area (Å²) in [6.07, 6.45) is 0.549. The van der Waals surface area contributed by atoms with Crippen LogP contribution in [0.5, 0.6) is 11.5 Å². The molecule has 1 amide bonds. The first-order chi connectivity index (χ1) is 12.9. The van der Waals surface area contributed by atoms with Crippen LogP contribution in [-0.4, -0.2) is 67.8 Å². The molecule has 0 spiro atoms. The first kappa shape index (κ1) is 18.5. The molecule has 1 aromatic rings. The molecule has 2 N–H and O–H groups in total. The number of methoxy groups -OCH3 is 2. The topological polar surface area (TPSA) is 68.0 Å². The van der Waals surface area contributed by atoms with Crippen LogP contribution in [0.15, 0.2) is 12.1 Å². The van der Waals surface area contributed by atoms with Crippen molar-refractivity contribution in [3.8, 4) is 11.5 Å². The Morgan fingerprint density at radius 2 is 1.89 bits per heavy atom. The number of fused-ring (bicyclic) bond motifs is 3. The van der Waals surface area contributed by atoms with Crippen LogP contribution in [0, 0.1) is 5.92 Å². The third kappa shape index (κ3) is 2.97. The lowest BCUT2D eigenvalue weighted by Gasteiger charge is -2.48. The first-order valence-electron chi connectivity index (χ1n) is 9.63. The average Bonchev–Trinajstić information content (AvgIpc) is 2.93. The molecule has 0 aliphatic carbocycles. The fourth-order valence-corrected chi connectivity index (χ4v) is 4.85. The Labute approximate surface area is 159 Å². The molecule has 4 rings (SSSR count). The predicted octanol–water partition coefficient (Wildman–Crippen LogP) is 1.52. The molecule has 2 fully saturated rings. The molecule has 0 radical (unpaired) electrons. The normalized spacial score (nSPS) is 33.6. The van der Waals surface area contributed by atoms with Crippen LogP contribution in [0.25, 0.3) is 0 Å². The highest BCUT2D eigenvalue weighted by Crippen LogP contribution is 2.42. The van der Waals surface area contributed by atoms with Crippen LogP contribution in [0.3, 0.4) is 0 Å². The summed E-state index contributed by atoms with van der Waals surface area (Å²) in [4.78, 5) is 16.5. The van der Waals surface area contributed by atoms with Gasteiger partial charge in [0.1, 0.15) is 6.17 Å². The number of ether oxygens (including phenoxy) is 2. The summed E-state index contributed by atoms with van der Waals surface area (Å²) in [6.45, 7) is 3.41. The smallest absolute Gasteiger partial charge is 0.228 e. The second-order valence-electron chi connectivity index (χ2n) is 7.93. The number of benzene rings is 1. The van der Waals surface area contributed by atoms with Crippen molar-refractivity contribution in [2.75, 3.05) is 33.9 Å². The van der Waals surface area contributed by atoms with Crippen LogP contribution in [0.1, 0.15) is 30.5 Å². The van der Waals surface area contributed by atoms with Crippen molar-refractivity contribution in [1.82, 2.24) is 9.80 Å². The van der Waals surface area contributed by atoms with E-state index in [1.54, 1.807) is 26.0 Å². The van der Waals surface area contributed by atoms with E-state index >= 15 is 0 Å². The summed E-state index contributed by atoms with van der Waals surface area (Å²) >= 11 is 0. The highest BCUT2D eigenvalue weighted by atomic mass is 19.1. The monoisotopic (exact) mass is 377 g/mol. The van der Waals surface area contributed by atoms with E-state index in [9.17, 15) is 9.18 Å². The van der Waals surface area contributed by atoms with Crippen molar-refractivity contribution in [3.63, 3.8) is 0 Å². The lowest BCUT2D eigenvalue weighted by atomic mass is 9.83. The predicted molar refractivity (Wildman–Crippen MR) is 99.7 cm³/mol. The van der Waals surface area contributed by atoms with E-state index in [-0.39, 0.29) is 30.6 Å². The van der Waals surface area contributed by atoms with Gasteiger partial charge in [-0.2, -0.15) is 0 Å². The van der Waals surface area contributed by atoms with Gasteiger partial charge in [-0.05, 0) is 36.1 Å². The zero-order chi connectivity index (χ0) is 19.3. The van der Waals surface area contributed by atoms with Crippen LogP contribution in [0.2, 0.25) is 0 Å². The molecule has 27 heavy (non-hydrogen) atoms. The van der Waals surface area contributed by atoms with Gasteiger partial charge in [0.15, 0.2) is 11.5 Å². The fourth-order valence-electron chi connectivity index (χ4n) is 4.85. The lowest BCUT2D eigenvalue weighted by Crippen LogP contribution is -2.60. The average molecular weight is 377 g/mol. The van der Waals surface area contributed by atoms with E-state index in [2.05, 4.69) is 17.0 Å². The SMILES string of the molecule is COc1cc2c(cc1OC)[C@@H]1C[C@H](N)[C@@H](N3CC(F)[C@@H](C)C3=O)CN1CC2. The maximum absolute atomic E-state index is 14.0. The molecule has 3 aliphatic heterocycles. The number of amides is 1. The second-order valence-corrected chi connectivity index (χ2v) is 7.93. The molecule has 148 valence electrons. The summed E-state index contributed by atoms with van der Waals surface area (Å²) < 4.78 is 25.0. The Bertz CT molecular complexity index is 743. The maximum atomic E-state index is 14.0. The van der Waals surface area contributed by atoms with Gasteiger partial charge in [-0.3, -0.25) is 9.69 Å². The van der Waals surface area contributed by atoms with E-state index in [4.69, 9.17) is 15.2 Å². The third-order valence-corrected chi connectivity index (χ3v) is 6.51. The largest absolute Gasteiger partial charge is 0.493 e. The highest BCUT2D eigenvalue weighted by Gasteiger charge is 2.46. The van der Waals surface area contributed by atoms with Gasteiger partial charge in [0, 0.05) is 25.2 Å². The van der Waals surface area contributed by atoms with Crippen molar-refractivity contribution in [3.05, 3.63) is 23.3 Å². The molecule has 5 atom stereocenters. The van der Waals surface area contributed by atoms with Crippen LogP contribution >= 0.6 is 0 Å². The summed E-state index contributed by atoms with van der Waals surface area (Å²) in [5.74, 6) is 0.796. The number of nitrogens with two attached hydrogens (primary N) is 1. The fraction of sp³-hybridized carbons (Fsp3) is 0.650. The zero-order valence-electron chi connectivity index (χ0n) is 16.2. The minimum absolute atomic E-state index is 0.106. The molecule has 2 saturated heterocycles. The van der Waals surface area contributed by atoms with Crippen molar-refractivity contribution >= 4 is 5.91 Å². The number of halogens is 1. The third-order valence-electron chi connectivity index (χ3n) is 6.51. The van der Waals surface area contributed by atoms with Gasteiger partial charge in [-0.1, -0.05) is 6.92 Å². The Morgan fingerprint density at radius 3 is 2.52 bits per heavy atom. The van der Waals surface area contributed by atoms with Crippen LogP contribution in [-0.2, 0) is 11.2 Å². The van der Waals surface area contributed by atoms with Crippen molar-refractivity contribution in [2.24, 2.45) is 11.7 Å². The van der Waals surface area contributed by atoms with Crippen molar-refractivity contribution < 1.29 is 18.7 Å². The maximum Gasteiger partial charge on any atom is 0.228 e. The number of carbonyl (C=O) groups excluding carboxylic acids is 1. The van der Waals surface area contributed by atoms with Gasteiger partial charge < -0.3 is 20.1 Å². The molecule has 3 heterocycles. The molecular weight excluding hydrogens is 349 g/mol. The lowest BCUT2D eigenvalue weighted by molar-refractivity contribution is -0.134. The second kappa shape index (κ2) is 6.95. The van der Waals surface area contributed by atoms with E-state index in [1.807, 2.05) is 0 Å². The number of likely N-dealkylation sites (tertiary alicyclic amines) is 1. The summed E-state index contributed by atoms with van der Waals surface area (Å²) in [5, 5.41) is 0. The van der Waals surface area contributed by atoms with Crippen molar-refractivity contribution in [1.29, 1.82) is 0 Å². The van der Waals surface area contributed by atoms with Crippen molar-refractivity contribution in [2.45, 2.75) is 44.1 Å². The standard InChI is InChI=1S/C20H28FN3O3/c1-11-14(21)9-24(20(11)25)17-10-23-5-4-12-6-18(26-2)19(27-3)7-13(12)16(23)8-15(17)22/h6-7,11,14-17H,4-5,8-10,22H2,1-3H3/t11-,14?,15+,16+,17+/m1/s1. The van der Waals surface area contributed by atoms with Crippen LogP contribution in [0.4, 0.5) is 4.39 Å². The number of rotatable bonds is 3.